The summed E-state index contributed by atoms with van der Waals surface area (Å²) in [6, 6.07) is 0. The van der Waals surface area contributed by atoms with Gasteiger partial charge in [-0.2, -0.15) is 0 Å². The molecule has 0 rings (SSSR count). The topological polar surface area (TPSA) is 63.6 Å². The van der Waals surface area contributed by atoms with E-state index in [9.17, 15) is 9.59 Å². The Hall–Kier alpha value is -2.36. The zero-order valence-corrected chi connectivity index (χ0v) is 28.7. The lowest BCUT2D eigenvalue weighted by atomic mass is 10.1. The van der Waals surface area contributed by atoms with Crippen molar-refractivity contribution in [1.82, 2.24) is 0 Å². The molecule has 0 aliphatic carbocycles. The van der Waals surface area contributed by atoms with Crippen LogP contribution in [0.4, 0.5) is 0 Å². The van der Waals surface area contributed by atoms with Crippen molar-refractivity contribution in [1.29, 1.82) is 0 Å². The van der Waals surface area contributed by atoms with Gasteiger partial charge in [-0.1, -0.05) is 139 Å². The number of carboxylic acids is 1. The quantitative estimate of drug-likeness (QED) is 0.0466. The summed E-state index contributed by atoms with van der Waals surface area (Å²) >= 11 is 0. The summed E-state index contributed by atoms with van der Waals surface area (Å²) in [5.74, 6) is -0.802. The largest absolute Gasteiger partial charge is 0.481 e. The maximum absolute atomic E-state index is 12.5. The number of carbonyl (C=O) groups is 2. The van der Waals surface area contributed by atoms with Crippen molar-refractivity contribution < 1.29 is 19.4 Å². The van der Waals surface area contributed by atoms with Crippen molar-refractivity contribution in [3.8, 4) is 0 Å². The molecule has 0 radical (unpaired) electrons. The van der Waals surface area contributed by atoms with Crippen LogP contribution in [0.1, 0.15) is 174 Å². The van der Waals surface area contributed by atoms with Crippen LogP contribution < -0.4 is 0 Å². The van der Waals surface area contributed by atoms with Crippen LogP contribution in [0.5, 0.6) is 0 Å². The lowest BCUT2D eigenvalue weighted by Crippen LogP contribution is -2.16. The number of esters is 1. The highest BCUT2D eigenvalue weighted by molar-refractivity contribution is 5.69. The SMILES string of the molecule is CC/C=C\C/C=C\C/C=C\C/C=C\CCCCCCCCCCC(=O)OC(/C=C\CCCCCC)CCCCCCC(=O)O. The van der Waals surface area contributed by atoms with E-state index in [1.165, 1.54) is 70.6 Å². The number of rotatable bonds is 32. The Morgan fingerprint density at radius 1 is 0.545 bits per heavy atom. The van der Waals surface area contributed by atoms with Gasteiger partial charge in [0, 0.05) is 12.8 Å². The van der Waals surface area contributed by atoms with Crippen LogP contribution in [0.2, 0.25) is 0 Å². The lowest BCUT2D eigenvalue weighted by molar-refractivity contribution is -0.147. The Morgan fingerprint density at radius 3 is 1.61 bits per heavy atom. The van der Waals surface area contributed by atoms with Gasteiger partial charge in [-0.15, -0.1) is 0 Å². The molecule has 0 aromatic rings. The second-order valence-corrected chi connectivity index (χ2v) is 12.0. The summed E-state index contributed by atoms with van der Waals surface area (Å²) in [7, 11) is 0. The van der Waals surface area contributed by atoms with Crippen molar-refractivity contribution in [3.63, 3.8) is 0 Å². The highest BCUT2D eigenvalue weighted by atomic mass is 16.5. The number of hydrogen-bond acceptors (Lipinski definition) is 3. The first-order chi connectivity index (χ1) is 21.6. The van der Waals surface area contributed by atoms with Gasteiger partial charge in [0.1, 0.15) is 6.10 Å². The lowest BCUT2D eigenvalue weighted by Gasteiger charge is -2.15. The summed E-state index contributed by atoms with van der Waals surface area (Å²) in [5, 5.41) is 8.79. The van der Waals surface area contributed by atoms with Gasteiger partial charge in [0.2, 0.25) is 0 Å². The van der Waals surface area contributed by atoms with Gasteiger partial charge in [-0.05, 0) is 83.1 Å². The molecule has 44 heavy (non-hydrogen) atoms. The highest BCUT2D eigenvalue weighted by Gasteiger charge is 2.11. The van der Waals surface area contributed by atoms with Gasteiger partial charge in [0.05, 0.1) is 0 Å². The van der Waals surface area contributed by atoms with Gasteiger partial charge in [-0.25, -0.2) is 0 Å². The van der Waals surface area contributed by atoms with Gasteiger partial charge >= 0.3 is 11.9 Å². The van der Waals surface area contributed by atoms with E-state index in [0.29, 0.717) is 6.42 Å². The number of carbonyl (C=O) groups excluding carboxylic acids is 1. The van der Waals surface area contributed by atoms with Crippen molar-refractivity contribution in [2.45, 2.75) is 180 Å². The minimum atomic E-state index is -0.726. The third-order valence-corrected chi connectivity index (χ3v) is 7.71. The van der Waals surface area contributed by atoms with Crippen molar-refractivity contribution in [2.75, 3.05) is 0 Å². The summed E-state index contributed by atoms with van der Waals surface area (Å²) in [6.07, 6.45) is 48.3. The molecule has 0 aliphatic heterocycles. The van der Waals surface area contributed by atoms with Crippen LogP contribution in [0.3, 0.4) is 0 Å². The first-order valence-electron chi connectivity index (χ1n) is 18.3. The number of allylic oxidation sites excluding steroid dienone is 9. The standard InChI is InChI=1S/C40H68O4/c1-3-5-7-9-11-12-13-14-15-16-17-18-19-20-21-22-23-24-25-27-33-37-40(43)44-38(34-30-26-10-8-6-4-2)35-31-28-29-32-36-39(41)42/h5,7,11-12,14-15,17-18,30,34,38H,3-4,6,8-10,13,16,19-29,31-33,35-37H2,1-2H3,(H,41,42)/b7-5-,12-11-,15-14-,18-17-,34-30-. The molecule has 0 aliphatic rings. The van der Waals surface area contributed by atoms with E-state index in [2.05, 4.69) is 74.6 Å². The van der Waals surface area contributed by atoms with Gasteiger partial charge in [-0.3, -0.25) is 9.59 Å². The first kappa shape index (κ1) is 41.6. The van der Waals surface area contributed by atoms with Crippen LogP contribution in [0, 0.1) is 0 Å². The number of hydrogen-bond donors (Lipinski definition) is 1. The summed E-state index contributed by atoms with van der Waals surface area (Å²) in [4.78, 5) is 23.2. The van der Waals surface area contributed by atoms with Crippen LogP contribution in [0.25, 0.3) is 0 Å². The third kappa shape index (κ3) is 34.1. The van der Waals surface area contributed by atoms with Crippen molar-refractivity contribution in [3.05, 3.63) is 60.8 Å². The van der Waals surface area contributed by atoms with E-state index in [1.807, 2.05) is 0 Å². The molecule has 1 N–H and O–H groups in total. The molecule has 0 fully saturated rings. The fourth-order valence-corrected chi connectivity index (χ4v) is 5.02. The number of unbranched alkanes of at least 4 members (excludes halogenated alkanes) is 15. The molecule has 0 spiro atoms. The fourth-order valence-electron chi connectivity index (χ4n) is 5.02. The zero-order valence-electron chi connectivity index (χ0n) is 28.7. The summed E-state index contributed by atoms with van der Waals surface area (Å²) in [6.45, 7) is 4.38. The maximum atomic E-state index is 12.5. The smallest absolute Gasteiger partial charge is 0.306 e. The van der Waals surface area contributed by atoms with E-state index in [0.717, 1.165) is 77.0 Å². The Morgan fingerprint density at radius 2 is 1.02 bits per heavy atom. The monoisotopic (exact) mass is 613 g/mol. The highest BCUT2D eigenvalue weighted by Crippen LogP contribution is 2.15. The van der Waals surface area contributed by atoms with Crippen LogP contribution >= 0.6 is 0 Å². The van der Waals surface area contributed by atoms with Crippen molar-refractivity contribution in [2.24, 2.45) is 0 Å². The van der Waals surface area contributed by atoms with E-state index in [1.54, 1.807) is 0 Å². The minimum absolute atomic E-state index is 0.0765. The molecule has 252 valence electrons. The molecule has 0 aromatic carbocycles. The molecular formula is C40H68O4. The number of ether oxygens (including phenoxy) is 1. The molecule has 0 heterocycles. The minimum Gasteiger partial charge on any atom is -0.481 e. The Labute approximate surface area is 272 Å². The molecule has 4 nitrogen and oxygen atoms in total. The summed E-state index contributed by atoms with van der Waals surface area (Å²) in [5.41, 5.74) is 0. The van der Waals surface area contributed by atoms with E-state index in [4.69, 9.17) is 9.84 Å². The van der Waals surface area contributed by atoms with Crippen LogP contribution in [0.15, 0.2) is 60.8 Å². The second kappa shape index (κ2) is 35.1. The molecule has 0 saturated carbocycles. The average Bonchev–Trinajstić information content (AvgIpc) is 3.01. The van der Waals surface area contributed by atoms with E-state index < -0.39 is 5.97 Å². The van der Waals surface area contributed by atoms with E-state index in [-0.39, 0.29) is 18.5 Å². The molecule has 0 aromatic heterocycles. The molecule has 0 bridgehead atoms. The number of carboxylic acid groups (broad SMARTS) is 1. The summed E-state index contributed by atoms with van der Waals surface area (Å²) < 4.78 is 5.83. The van der Waals surface area contributed by atoms with Crippen LogP contribution in [-0.2, 0) is 14.3 Å². The molecular weight excluding hydrogens is 544 g/mol. The zero-order chi connectivity index (χ0) is 32.2. The molecule has 0 amide bonds. The van der Waals surface area contributed by atoms with Gasteiger partial charge < -0.3 is 9.84 Å². The molecule has 1 atom stereocenters. The van der Waals surface area contributed by atoms with Crippen molar-refractivity contribution >= 4 is 11.9 Å². The Balaban J connectivity index is 3.87. The molecule has 1 unspecified atom stereocenters. The Bertz CT molecular complexity index is 789. The molecule has 4 heteroatoms. The van der Waals surface area contributed by atoms with Gasteiger partial charge in [0.25, 0.3) is 0 Å². The van der Waals surface area contributed by atoms with Gasteiger partial charge in [0.15, 0.2) is 0 Å². The predicted molar refractivity (Wildman–Crippen MR) is 190 cm³/mol. The normalized spacial score (nSPS) is 13.0. The number of aliphatic carboxylic acids is 1. The molecule has 0 saturated heterocycles. The second-order valence-electron chi connectivity index (χ2n) is 12.0. The first-order valence-corrected chi connectivity index (χ1v) is 18.3. The van der Waals surface area contributed by atoms with E-state index >= 15 is 0 Å². The fraction of sp³-hybridized carbons (Fsp3) is 0.700. The Kier molecular flexibility index (Phi) is 33.2. The average molecular weight is 613 g/mol. The predicted octanol–water partition coefficient (Wildman–Crippen LogP) is 12.6. The van der Waals surface area contributed by atoms with Crippen LogP contribution in [-0.4, -0.2) is 23.1 Å². The maximum Gasteiger partial charge on any atom is 0.306 e. The third-order valence-electron chi connectivity index (χ3n) is 7.71.